The number of carbonyl (C=O) groups excluding carboxylic acids is 1. The highest BCUT2D eigenvalue weighted by Crippen LogP contribution is 2.45. The first-order chi connectivity index (χ1) is 20.6. The first kappa shape index (κ1) is 28.5. The van der Waals surface area contributed by atoms with Gasteiger partial charge in [-0.05, 0) is 57.0 Å². The minimum Gasteiger partial charge on any atom is -0.375 e. The van der Waals surface area contributed by atoms with Gasteiger partial charge in [-0.3, -0.25) is 14.3 Å². The normalized spacial score (nSPS) is 27.1. The molecule has 3 aromatic rings. The largest absolute Gasteiger partial charge is 0.375 e. The number of halogens is 2. The number of hydrogen-bond donors (Lipinski definition) is 0. The van der Waals surface area contributed by atoms with Crippen LogP contribution in [-0.4, -0.2) is 87.5 Å². The Bertz CT molecular complexity index is 1700. The zero-order valence-corrected chi connectivity index (χ0v) is 25.4. The van der Waals surface area contributed by atoms with Crippen molar-refractivity contribution in [2.45, 2.75) is 68.9 Å². The van der Waals surface area contributed by atoms with Crippen LogP contribution in [0.5, 0.6) is 0 Å². The lowest BCUT2D eigenvalue weighted by Crippen LogP contribution is -2.58. The van der Waals surface area contributed by atoms with Gasteiger partial charge < -0.3 is 14.5 Å². The molecule has 2 aromatic carbocycles. The minimum atomic E-state index is -0.636. The highest BCUT2D eigenvalue weighted by Gasteiger charge is 2.43. The van der Waals surface area contributed by atoms with Crippen LogP contribution in [-0.2, 0) is 16.1 Å². The van der Waals surface area contributed by atoms with Crippen molar-refractivity contribution in [3.63, 3.8) is 0 Å². The third-order valence-corrected chi connectivity index (χ3v) is 10.7. The van der Waals surface area contributed by atoms with Gasteiger partial charge in [-0.1, -0.05) is 6.58 Å². The van der Waals surface area contributed by atoms with Gasteiger partial charge in [-0.2, -0.15) is 4.98 Å². The molecule has 0 aliphatic carbocycles. The molecule has 4 aliphatic heterocycles. The number of morpholine rings is 1. The number of thioether (sulfide) groups is 1. The van der Waals surface area contributed by atoms with Crippen LogP contribution in [0.2, 0.25) is 0 Å². The topological polar surface area (TPSA) is 70.9 Å². The molecular formula is C32H35F2N5O3S. The van der Waals surface area contributed by atoms with E-state index in [2.05, 4.69) is 21.4 Å². The first-order valence-corrected chi connectivity index (χ1v) is 15.9. The van der Waals surface area contributed by atoms with Crippen LogP contribution in [0.15, 0.2) is 46.6 Å². The summed E-state index contributed by atoms with van der Waals surface area (Å²) in [4.78, 5) is 38.4. The van der Waals surface area contributed by atoms with Crippen LogP contribution in [0.25, 0.3) is 22.0 Å². The zero-order chi connectivity index (χ0) is 30.2. The van der Waals surface area contributed by atoms with Crippen molar-refractivity contribution in [1.82, 2.24) is 19.4 Å². The lowest BCUT2D eigenvalue weighted by molar-refractivity contribution is -0.130. The van der Waals surface area contributed by atoms with Gasteiger partial charge in [0, 0.05) is 83.6 Å². The standard InChI is InChI=1S/C32H35F2N5O3S/c1-5-27(40)39-18(3)11-36(12-19(39)4)31-25-8-17(2)28(24-7-6-20(33)9-26(24)34)30-29(25)38(32(41)35-31)13-22(16-43-30)37-14-23-10-21(37)15-42-23/h5-9,18-19,21-23H,1,10-16H2,2-4H3/t18-,19+,21-,22?,23-/m0/s1. The monoisotopic (exact) mass is 607 g/mol. The van der Waals surface area contributed by atoms with E-state index < -0.39 is 11.6 Å². The molecule has 1 amide bonds. The summed E-state index contributed by atoms with van der Waals surface area (Å²) in [5, 5.41) is 0.820. The summed E-state index contributed by atoms with van der Waals surface area (Å²) in [6.07, 6.45) is 2.56. The minimum absolute atomic E-state index is 0.0737. The fraction of sp³-hybridized carbons (Fsp3) is 0.469. The Morgan fingerprint density at radius 2 is 1.88 bits per heavy atom. The van der Waals surface area contributed by atoms with E-state index in [9.17, 15) is 14.0 Å². The first-order valence-electron chi connectivity index (χ1n) is 14.9. The quantitative estimate of drug-likeness (QED) is 0.412. The fourth-order valence-corrected chi connectivity index (χ4v) is 9.08. The lowest BCUT2D eigenvalue weighted by atomic mass is 9.97. The highest BCUT2D eigenvalue weighted by molar-refractivity contribution is 7.99. The highest BCUT2D eigenvalue weighted by atomic mass is 32.2. The Morgan fingerprint density at radius 3 is 2.53 bits per heavy atom. The van der Waals surface area contributed by atoms with E-state index in [0.717, 1.165) is 40.4 Å². The van der Waals surface area contributed by atoms with Gasteiger partial charge in [0.1, 0.15) is 17.5 Å². The lowest BCUT2D eigenvalue weighted by Gasteiger charge is -2.44. The smallest absolute Gasteiger partial charge is 0.350 e. The number of benzene rings is 2. The van der Waals surface area contributed by atoms with Crippen molar-refractivity contribution in [2.24, 2.45) is 0 Å². The maximum atomic E-state index is 15.3. The average Bonchev–Trinajstić information content (AvgIpc) is 3.54. The number of aromatic nitrogens is 2. The predicted molar refractivity (Wildman–Crippen MR) is 164 cm³/mol. The van der Waals surface area contributed by atoms with Crippen molar-refractivity contribution in [2.75, 3.05) is 36.9 Å². The summed E-state index contributed by atoms with van der Waals surface area (Å²) in [6.45, 7) is 12.6. The average molecular weight is 608 g/mol. The number of ether oxygens (including phenoxy) is 1. The number of amides is 1. The van der Waals surface area contributed by atoms with Gasteiger partial charge in [0.05, 0.1) is 18.2 Å². The molecule has 4 aliphatic rings. The zero-order valence-electron chi connectivity index (χ0n) is 24.6. The molecule has 5 atom stereocenters. The second kappa shape index (κ2) is 10.7. The van der Waals surface area contributed by atoms with Crippen molar-refractivity contribution in [3.8, 4) is 11.1 Å². The van der Waals surface area contributed by atoms with Gasteiger partial charge >= 0.3 is 5.69 Å². The van der Waals surface area contributed by atoms with Crippen LogP contribution in [0.3, 0.4) is 0 Å². The molecule has 1 unspecified atom stereocenters. The van der Waals surface area contributed by atoms with Crippen molar-refractivity contribution < 1.29 is 18.3 Å². The molecule has 226 valence electrons. The molecule has 0 radical (unpaired) electrons. The second-order valence-corrected chi connectivity index (χ2v) is 13.3. The van der Waals surface area contributed by atoms with Crippen LogP contribution in [0, 0.1) is 18.6 Å². The van der Waals surface area contributed by atoms with Crippen molar-refractivity contribution >= 4 is 34.4 Å². The fourth-order valence-electron chi connectivity index (χ4n) is 7.66. The van der Waals surface area contributed by atoms with Gasteiger partial charge in [-0.25, -0.2) is 13.6 Å². The second-order valence-electron chi connectivity index (χ2n) is 12.3. The number of likely N-dealkylation sites (tertiary alicyclic amines) is 1. The van der Waals surface area contributed by atoms with Crippen LogP contribution >= 0.6 is 11.8 Å². The van der Waals surface area contributed by atoms with Crippen LogP contribution < -0.4 is 10.6 Å². The molecule has 8 nitrogen and oxygen atoms in total. The number of nitrogens with zero attached hydrogens (tertiary/aromatic N) is 5. The molecule has 0 spiro atoms. The maximum Gasteiger partial charge on any atom is 0.350 e. The van der Waals surface area contributed by atoms with E-state index in [1.165, 1.54) is 18.2 Å². The number of piperazine rings is 1. The number of anilines is 1. The Morgan fingerprint density at radius 1 is 1.12 bits per heavy atom. The van der Waals surface area contributed by atoms with Crippen molar-refractivity contribution in [1.29, 1.82) is 0 Å². The molecule has 3 fully saturated rings. The summed E-state index contributed by atoms with van der Waals surface area (Å²) in [7, 11) is 0. The maximum absolute atomic E-state index is 15.3. The SMILES string of the molecule is C=CC(=O)N1[C@H](C)CN(c2nc(=O)n3c4c(c(-c5ccc(F)cc5F)c(C)cc24)SCC(N2C[C@@H]4C[C@H]2CO4)C3)C[C@@H]1C. The number of hydrogen-bond acceptors (Lipinski definition) is 7. The molecule has 0 saturated carbocycles. The number of rotatable bonds is 4. The van der Waals surface area contributed by atoms with Crippen LogP contribution in [0.4, 0.5) is 14.6 Å². The number of carbonyl (C=O) groups is 1. The van der Waals surface area contributed by atoms with E-state index in [-0.39, 0.29) is 35.8 Å². The van der Waals surface area contributed by atoms with Crippen LogP contribution in [0.1, 0.15) is 25.8 Å². The molecule has 11 heteroatoms. The van der Waals surface area contributed by atoms with Crippen molar-refractivity contribution in [3.05, 3.63) is 64.6 Å². The Kier molecular flexibility index (Phi) is 7.10. The van der Waals surface area contributed by atoms with Gasteiger partial charge in [-0.15, -0.1) is 11.8 Å². The molecule has 7 rings (SSSR count). The van der Waals surface area contributed by atoms with Gasteiger partial charge in [0.15, 0.2) is 0 Å². The summed E-state index contributed by atoms with van der Waals surface area (Å²) in [5.41, 5.74) is 2.19. The summed E-state index contributed by atoms with van der Waals surface area (Å²) < 4.78 is 36.9. The third-order valence-electron chi connectivity index (χ3n) is 9.47. The van der Waals surface area contributed by atoms with E-state index in [1.807, 2.05) is 31.7 Å². The molecule has 0 N–H and O–H groups in total. The van der Waals surface area contributed by atoms with E-state index in [0.29, 0.717) is 55.0 Å². The van der Waals surface area contributed by atoms with E-state index >= 15 is 4.39 Å². The third kappa shape index (κ3) is 4.67. The molecule has 43 heavy (non-hydrogen) atoms. The van der Waals surface area contributed by atoms with E-state index in [1.54, 1.807) is 16.3 Å². The van der Waals surface area contributed by atoms with Gasteiger partial charge in [0.2, 0.25) is 5.91 Å². The summed E-state index contributed by atoms with van der Waals surface area (Å²) in [5.74, 6) is -0.104. The summed E-state index contributed by atoms with van der Waals surface area (Å²) >= 11 is 1.63. The molecule has 2 bridgehead atoms. The van der Waals surface area contributed by atoms with E-state index in [4.69, 9.17) is 4.74 Å². The molecular weight excluding hydrogens is 572 g/mol. The number of fused-ring (bicyclic) bond motifs is 2. The van der Waals surface area contributed by atoms with Gasteiger partial charge in [0.25, 0.3) is 0 Å². The predicted octanol–water partition coefficient (Wildman–Crippen LogP) is 4.21. The molecule has 1 aromatic heterocycles. The number of aryl methyl sites for hydroxylation is 1. The molecule has 3 saturated heterocycles. The Labute approximate surface area is 253 Å². The Balaban J connectivity index is 1.40. The summed E-state index contributed by atoms with van der Waals surface area (Å²) in [6, 6.07) is 5.81. The Hall–Kier alpha value is -3.28. The molecule has 5 heterocycles.